The Labute approximate surface area is 215 Å². The molecule has 1 saturated heterocycles. The van der Waals surface area contributed by atoms with E-state index in [4.69, 9.17) is 9.47 Å². The van der Waals surface area contributed by atoms with Crippen LogP contribution in [0.3, 0.4) is 0 Å². The molecule has 3 aliphatic rings. The molecule has 1 amide bonds. The zero-order valence-corrected chi connectivity index (χ0v) is 22.3. The van der Waals surface area contributed by atoms with Crippen LogP contribution in [0, 0.1) is 17.7 Å². The summed E-state index contributed by atoms with van der Waals surface area (Å²) in [6, 6.07) is -1.79. The molecule has 37 heavy (non-hydrogen) atoms. The average molecular weight is 549 g/mol. The second-order valence-corrected chi connectivity index (χ2v) is 12.5. The molecule has 3 fully saturated rings. The van der Waals surface area contributed by atoms with Gasteiger partial charge < -0.3 is 9.47 Å². The van der Waals surface area contributed by atoms with Crippen LogP contribution in [0.5, 0.6) is 0 Å². The third-order valence-electron chi connectivity index (χ3n) is 8.30. The number of amides is 1. The number of sulfonamides is 1. The molecule has 0 radical (unpaired) electrons. The van der Waals surface area contributed by atoms with Gasteiger partial charge in [-0.25, -0.2) is 41.1 Å². The molecule has 1 aromatic heterocycles. The van der Waals surface area contributed by atoms with Crippen molar-refractivity contribution in [2.24, 2.45) is 11.8 Å². The van der Waals surface area contributed by atoms with Gasteiger partial charge in [0, 0.05) is 23.9 Å². The van der Waals surface area contributed by atoms with Gasteiger partial charge in [-0.2, -0.15) is 0 Å². The first-order chi connectivity index (χ1) is 17.3. The predicted octanol–water partition coefficient (Wildman–Crippen LogP) is 3.25. The molecular weight excluding hydrogens is 513 g/mol. The summed E-state index contributed by atoms with van der Waals surface area (Å²) in [6.45, 7) is 4.13. The molecule has 9 nitrogen and oxygen atoms in total. The second kappa shape index (κ2) is 10.3. The molecule has 2 heterocycles. The van der Waals surface area contributed by atoms with Crippen molar-refractivity contribution in [3.63, 3.8) is 0 Å². The van der Waals surface area contributed by atoms with Crippen molar-refractivity contribution in [3.05, 3.63) is 24.0 Å². The largest absolute Gasteiger partial charge is 0.443 e. The zero-order valence-electron chi connectivity index (χ0n) is 21.5. The number of hydrogen-bond donors (Lipinski definition) is 1. The van der Waals surface area contributed by atoms with Crippen LogP contribution < -0.4 is 4.72 Å². The van der Waals surface area contributed by atoms with Crippen LogP contribution in [-0.2, 0) is 24.9 Å². The number of aromatic nitrogens is 2. The van der Waals surface area contributed by atoms with Crippen LogP contribution in [0.1, 0.15) is 58.7 Å². The molecule has 208 valence electrons. The highest BCUT2D eigenvalue weighted by atomic mass is 32.2. The Balaban J connectivity index is 1.42. The summed E-state index contributed by atoms with van der Waals surface area (Å²) in [4.78, 5) is 22.6. The van der Waals surface area contributed by atoms with Gasteiger partial charge in [-0.1, -0.05) is 13.8 Å². The fourth-order valence-corrected chi connectivity index (χ4v) is 6.99. The maximum absolute atomic E-state index is 13.7. The molecule has 0 aromatic carbocycles. The van der Waals surface area contributed by atoms with Crippen molar-refractivity contribution in [1.29, 1.82) is 0 Å². The molecule has 13 heteroatoms. The molecular formula is C24H35F3N4O5S. The van der Waals surface area contributed by atoms with Crippen LogP contribution in [0.4, 0.5) is 18.0 Å². The standard InChI is InChI=1S/C24H35F3N4O5S/c1-5-23(26,27)13-36-22(32)31-14(2)8-19(30-37(4,33)34)20(31)12-35-17-6-7-24(15(3)18(24)9-17)21-28-10-16(25)11-29-21/h10-11,14-15,17-20,30H,5-9,12-13H2,1-4H3/t14-,15+,17+,18-,19+,20+,24-/m1/s1. The van der Waals surface area contributed by atoms with Crippen molar-refractivity contribution < 1.29 is 35.9 Å². The van der Waals surface area contributed by atoms with E-state index < -0.39 is 59.0 Å². The summed E-state index contributed by atoms with van der Waals surface area (Å²) in [5.41, 5.74) is -0.198. The Kier molecular flexibility index (Phi) is 7.80. The van der Waals surface area contributed by atoms with Crippen LogP contribution in [-0.4, -0.2) is 79.0 Å². The van der Waals surface area contributed by atoms with E-state index in [1.54, 1.807) is 6.92 Å². The van der Waals surface area contributed by atoms with Crippen molar-refractivity contribution in [2.75, 3.05) is 19.5 Å². The number of carbonyl (C=O) groups is 1. The highest BCUT2D eigenvalue weighted by molar-refractivity contribution is 7.88. The Morgan fingerprint density at radius 2 is 1.95 bits per heavy atom. The molecule has 1 N–H and O–H groups in total. The maximum atomic E-state index is 13.7. The molecule has 0 bridgehead atoms. The smallest absolute Gasteiger partial charge is 0.410 e. The Morgan fingerprint density at radius 1 is 1.27 bits per heavy atom. The molecule has 0 spiro atoms. The molecule has 7 atom stereocenters. The predicted molar refractivity (Wildman–Crippen MR) is 128 cm³/mol. The number of likely N-dealkylation sites (tertiary alicyclic amines) is 1. The first-order valence-electron chi connectivity index (χ1n) is 12.7. The average Bonchev–Trinajstić information content (AvgIpc) is 3.30. The molecule has 0 unspecified atom stereocenters. The number of hydrogen-bond acceptors (Lipinski definition) is 7. The third-order valence-corrected chi connectivity index (χ3v) is 9.03. The lowest BCUT2D eigenvalue weighted by Gasteiger charge is -2.33. The van der Waals surface area contributed by atoms with Gasteiger partial charge in [0.15, 0.2) is 12.4 Å². The lowest BCUT2D eigenvalue weighted by atomic mass is 9.85. The van der Waals surface area contributed by atoms with E-state index in [1.807, 2.05) is 0 Å². The van der Waals surface area contributed by atoms with Gasteiger partial charge >= 0.3 is 6.09 Å². The first-order valence-corrected chi connectivity index (χ1v) is 14.6. The van der Waals surface area contributed by atoms with Crippen molar-refractivity contribution >= 4 is 16.1 Å². The normalized spacial score (nSPS) is 33.8. The van der Waals surface area contributed by atoms with Gasteiger partial charge in [-0.3, -0.25) is 4.90 Å². The number of nitrogens with zero attached hydrogens (tertiary/aromatic N) is 3. The number of halogens is 3. The van der Waals surface area contributed by atoms with Crippen molar-refractivity contribution in [3.8, 4) is 0 Å². The number of rotatable bonds is 9. The monoisotopic (exact) mass is 548 g/mol. The quantitative estimate of drug-likeness (QED) is 0.504. The van der Waals surface area contributed by atoms with Gasteiger partial charge in [-0.15, -0.1) is 0 Å². The highest BCUT2D eigenvalue weighted by Crippen LogP contribution is 2.66. The van der Waals surface area contributed by atoms with E-state index in [1.165, 1.54) is 24.2 Å². The zero-order chi connectivity index (χ0) is 27.2. The second-order valence-electron chi connectivity index (χ2n) is 10.7. The number of nitrogens with one attached hydrogen (secondary N) is 1. The van der Waals surface area contributed by atoms with Crippen LogP contribution in [0.15, 0.2) is 12.4 Å². The Morgan fingerprint density at radius 3 is 2.54 bits per heavy atom. The Hall–Kier alpha value is -1.99. The number of carbonyl (C=O) groups excluding carboxylic acids is 1. The van der Waals surface area contributed by atoms with E-state index >= 15 is 0 Å². The number of ether oxygens (including phenoxy) is 2. The van der Waals surface area contributed by atoms with Gasteiger partial charge in [0.2, 0.25) is 10.0 Å². The number of fused-ring (bicyclic) bond motifs is 1. The van der Waals surface area contributed by atoms with Gasteiger partial charge in [0.1, 0.15) is 5.82 Å². The molecule has 2 saturated carbocycles. The third kappa shape index (κ3) is 5.88. The van der Waals surface area contributed by atoms with Crippen LogP contribution in [0.25, 0.3) is 0 Å². The van der Waals surface area contributed by atoms with Crippen molar-refractivity contribution in [2.45, 2.75) is 88.4 Å². The summed E-state index contributed by atoms with van der Waals surface area (Å²) in [5, 5.41) is 0. The minimum Gasteiger partial charge on any atom is -0.443 e. The van der Waals surface area contributed by atoms with E-state index in [-0.39, 0.29) is 24.0 Å². The summed E-state index contributed by atoms with van der Waals surface area (Å²) in [7, 11) is -3.59. The first kappa shape index (κ1) is 28.0. The van der Waals surface area contributed by atoms with E-state index in [2.05, 4.69) is 21.6 Å². The Bertz CT molecular complexity index is 1090. The molecule has 1 aliphatic heterocycles. The van der Waals surface area contributed by atoms with Gasteiger partial charge in [-0.05, 0) is 44.4 Å². The lowest BCUT2D eigenvalue weighted by Crippen LogP contribution is -2.51. The fraction of sp³-hybridized carbons (Fsp3) is 0.792. The summed E-state index contributed by atoms with van der Waals surface area (Å²) in [5.74, 6) is -2.40. The lowest BCUT2D eigenvalue weighted by molar-refractivity contribution is -0.0679. The summed E-state index contributed by atoms with van der Waals surface area (Å²) >= 11 is 0. The van der Waals surface area contributed by atoms with Crippen LogP contribution in [0.2, 0.25) is 0 Å². The summed E-state index contributed by atoms with van der Waals surface area (Å²) in [6.07, 6.45) is 4.36. The summed E-state index contributed by atoms with van der Waals surface area (Å²) < 4.78 is 78.3. The molecule has 4 rings (SSSR count). The van der Waals surface area contributed by atoms with Gasteiger partial charge in [0.05, 0.1) is 37.4 Å². The minimum absolute atomic E-state index is 0.0304. The highest BCUT2D eigenvalue weighted by Gasteiger charge is 2.66. The number of alkyl halides is 2. The fourth-order valence-electron chi connectivity index (χ4n) is 6.19. The van der Waals surface area contributed by atoms with E-state index in [0.717, 1.165) is 19.1 Å². The minimum atomic E-state index is -3.59. The SMILES string of the molecule is CCC(F)(F)COC(=O)N1[C@H](C)C[C@H](NS(C)(=O)=O)[C@@H]1CO[C@H]1CC[C@]2(c3ncc(F)cn3)[C@H](C1)[C@@H]2C. The van der Waals surface area contributed by atoms with E-state index in [9.17, 15) is 26.4 Å². The molecule has 1 aromatic rings. The maximum Gasteiger partial charge on any atom is 0.410 e. The molecule has 2 aliphatic carbocycles. The van der Waals surface area contributed by atoms with Crippen LogP contribution >= 0.6 is 0 Å². The topological polar surface area (TPSA) is 111 Å². The van der Waals surface area contributed by atoms with Gasteiger partial charge in [0.25, 0.3) is 5.92 Å². The van der Waals surface area contributed by atoms with E-state index in [0.29, 0.717) is 24.6 Å². The van der Waals surface area contributed by atoms with Crippen molar-refractivity contribution in [1.82, 2.24) is 19.6 Å².